The molecule has 4 rings (SSSR count). The van der Waals surface area contributed by atoms with Crippen LogP contribution in [0.2, 0.25) is 0 Å². The summed E-state index contributed by atoms with van der Waals surface area (Å²) in [4.78, 5) is 26.6. The minimum absolute atomic E-state index is 0.0301. The Balaban J connectivity index is 1.42. The molecule has 0 atom stereocenters. The third kappa shape index (κ3) is 3.50. The van der Waals surface area contributed by atoms with Crippen molar-refractivity contribution in [2.75, 3.05) is 11.9 Å². The SMILES string of the molecule is O=C(O)Oc1ccc(NC(=O)OCC2c3ccccc3-c3ccccc32)nc1. The van der Waals surface area contributed by atoms with Gasteiger partial charge in [-0.2, -0.15) is 0 Å². The van der Waals surface area contributed by atoms with E-state index in [1.807, 2.05) is 36.4 Å². The van der Waals surface area contributed by atoms with Gasteiger partial charge in [-0.05, 0) is 34.4 Å². The Morgan fingerprint density at radius 1 is 0.964 bits per heavy atom. The monoisotopic (exact) mass is 376 g/mol. The van der Waals surface area contributed by atoms with Crippen molar-refractivity contribution in [3.63, 3.8) is 0 Å². The average Bonchev–Trinajstić information content (AvgIpc) is 3.01. The highest BCUT2D eigenvalue weighted by atomic mass is 16.7. The first-order chi connectivity index (χ1) is 13.6. The molecule has 0 bridgehead atoms. The van der Waals surface area contributed by atoms with E-state index in [0.717, 1.165) is 22.3 Å². The Labute approximate surface area is 160 Å². The van der Waals surface area contributed by atoms with Crippen LogP contribution >= 0.6 is 0 Å². The number of nitrogens with one attached hydrogen (secondary N) is 1. The van der Waals surface area contributed by atoms with Crippen LogP contribution in [0.3, 0.4) is 0 Å². The summed E-state index contributed by atoms with van der Waals surface area (Å²) in [7, 11) is 0. The zero-order valence-corrected chi connectivity index (χ0v) is 14.7. The highest BCUT2D eigenvalue weighted by molar-refractivity contribution is 5.84. The summed E-state index contributed by atoms with van der Waals surface area (Å²) < 4.78 is 9.89. The molecule has 1 heterocycles. The number of anilines is 1. The molecule has 3 aromatic rings. The minimum Gasteiger partial charge on any atom is -0.449 e. The summed E-state index contributed by atoms with van der Waals surface area (Å²) in [6.07, 6.45) is -0.868. The number of benzene rings is 2. The Bertz CT molecular complexity index is 987. The Kier molecular flexibility index (Phi) is 4.63. The van der Waals surface area contributed by atoms with Crippen LogP contribution in [-0.2, 0) is 4.74 Å². The van der Waals surface area contributed by atoms with E-state index in [2.05, 4.69) is 27.2 Å². The van der Waals surface area contributed by atoms with Crippen LogP contribution < -0.4 is 10.1 Å². The van der Waals surface area contributed by atoms with Crippen LogP contribution in [0.4, 0.5) is 15.4 Å². The molecule has 0 fully saturated rings. The van der Waals surface area contributed by atoms with Crippen LogP contribution in [0.25, 0.3) is 11.1 Å². The molecular formula is C21H16N2O5. The van der Waals surface area contributed by atoms with Crippen molar-refractivity contribution in [3.05, 3.63) is 78.0 Å². The van der Waals surface area contributed by atoms with Gasteiger partial charge in [-0.15, -0.1) is 0 Å². The second kappa shape index (κ2) is 7.40. The number of nitrogens with zero attached hydrogens (tertiary/aromatic N) is 1. The quantitative estimate of drug-likeness (QED) is 0.651. The van der Waals surface area contributed by atoms with Gasteiger partial charge in [0.25, 0.3) is 0 Å². The molecule has 2 N–H and O–H groups in total. The lowest BCUT2D eigenvalue weighted by atomic mass is 9.98. The van der Waals surface area contributed by atoms with E-state index >= 15 is 0 Å². The van der Waals surface area contributed by atoms with Crippen LogP contribution in [0.5, 0.6) is 5.75 Å². The van der Waals surface area contributed by atoms with Crippen molar-refractivity contribution < 1.29 is 24.2 Å². The summed E-state index contributed by atoms with van der Waals surface area (Å²) in [6, 6.07) is 19.0. The van der Waals surface area contributed by atoms with Gasteiger partial charge in [-0.1, -0.05) is 48.5 Å². The van der Waals surface area contributed by atoms with Crippen molar-refractivity contribution in [2.45, 2.75) is 5.92 Å². The smallest absolute Gasteiger partial charge is 0.449 e. The molecule has 1 aromatic heterocycles. The molecule has 1 amide bonds. The molecular weight excluding hydrogens is 360 g/mol. The van der Waals surface area contributed by atoms with Gasteiger partial charge in [-0.3, -0.25) is 5.32 Å². The van der Waals surface area contributed by atoms with E-state index in [1.54, 1.807) is 0 Å². The predicted octanol–water partition coefficient (Wildman–Crippen LogP) is 4.50. The molecule has 28 heavy (non-hydrogen) atoms. The number of carbonyl (C=O) groups excluding carboxylic acids is 1. The number of amides is 1. The van der Waals surface area contributed by atoms with Gasteiger partial charge in [0.15, 0.2) is 5.75 Å². The van der Waals surface area contributed by atoms with Gasteiger partial charge >= 0.3 is 12.2 Å². The number of hydrogen-bond donors (Lipinski definition) is 2. The van der Waals surface area contributed by atoms with Crippen molar-refractivity contribution >= 4 is 18.1 Å². The topological polar surface area (TPSA) is 97.8 Å². The second-order valence-corrected chi connectivity index (χ2v) is 6.20. The molecule has 0 unspecified atom stereocenters. The number of pyridine rings is 1. The van der Waals surface area contributed by atoms with Gasteiger partial charge in [0.2, 0.25) is 0 Å². The van der Waals surface area contributed by atoms with E-state index < -0.39 is 12.2 Å². The molecule has 2 aromatic carbocycles. The van der Waals surface area contributed by atoms with Crippen LogP contribution in [0.15, 0.2) is 66.9 Å². The zero-order chi connectivity index (χ0) is 19.5. The van der Waals surface area contributed by atoms with Gasteiger partial charge in [-0.25, -0.2) is 14.6 Å². The van der Waals surface area contributed by atoms with E-state index in [1.165, 1.54) is 18.3 Å². The van der Waals surface area contributed by atoms with Gasteiger partial charge in [0.05, 0.1) is 6.20 Å². The molecule has 1 aliphatic carbocycles. The maximum Gasteiger partial charge on any atom is 0.511 e. The van der Waals surface area contributed by atoms with Gasteiger partial charge < -0.3 is 14.6 Å². The van der Waals surface area contributed by atoms with Crippen LogP contribution in [0.1, 0.15) is 17.0 Å². The van der Waals surface area contributed by atoms with Crippen molar-refractivity contribution in [1.82, 2.24) is 4.98 Å². The second-order valence-electron chi connectivity index (χ2n) is 6.20. The maximum absolute atomic E-state index is 12.2. The summed E-state index contributed by atoms with van der Waals surface area (Å²) in [5.74, 6) is 0.262. The number of ether oxygens (including phenoxy) is 2. The molecule has 7 heteroatoms. The molecule has 0 saturated heterocycles. The molecule has 0 spiro atoms. The third-order valence-corrected chi connectivity index (χ3v) is 4.52. The first-order valence-corrected chi connectivity index (χ1v) is 8.60. The van der Waals surface area contributed by atoms with E-state index in [9.17, 15) is 9.59 Å². The van der Waals surface area contributed by atoms with Crippen LogP contribution in [-0.4, -0.2) is 28.9 Å². The van der Waals surface area contributed by atoms with Gasteiger partial charge in [0.1, 0.15) is 12.4 Å². The number of rotatable bonds is 4. The number of carbonyl (C=O) groups is 2. The van der Waals surface area contributed by atoms with E-state index in [0.29, 0.717) is 0 Å². The normalized spacial score (nSPS) is 12.0. The van der Waals surface area contributed by atoms with Crippen molar-refractivity contribution in [1.29, 1.82) is 0 Å². The lowest BCUT2D eigenvalue weighted by Gasteiger charge is -2.14. The maximum atomic E-state index is 12.2. The fraction of sp³-hybridized carbons (Fsp3) is 0.0952. The number of carboxylic acid groups (broad SMARTS) is 1. The Morgan fingerprint density at radius 3 is 2.18 bits per heavy atom. The van der Waals surface area contributed by atoms with Crippen molar-refractivity contribution in [3.8, 4) is 16.9 Å². The van der Waals surface area contributed by atoms with Gasteiger partial charge in [0, 0.05) is 5.92 Å². The molecule has 0 saturated carbocycles. The summed E-state index contributed by atoms with van der Waals surface area (Å²) >= 11 is 0. The number of fused-ring (bicyclic) bond motifs is 3. The summed E-state index contributed by atoms with van der Waals surface area (Å²) in [6.45, 7) is 0.195. The lowest BCUT2D eigenvalue weighted by molar-refractivity contribution is 0.144. The number of hydrogen-bond acceptors (Lipinski definition) is 5. The summed E-state index contributed by atoms with van der Waals surface area (Å²) in [5, 5.41) is 11.1. The fourth-order valence-corrected chi connectivity index (χ4v) is 3.35. The molecule has 0 aliphatic heterocycles. The first-order valence-electron chi connectivity index (χ1n) is 8.60. The highest BCUT2D eigenvalue weighted by Crippen LogP contribution is 2.44. The fourth-order valence-electron chi connectivity index (χ4n) is 3.35. The largest absolute Gasteiger partial charge is 0.511 e. The zero-order valence-electron chi connectivity index (χ0n) is 14.7. The van der Waals surface area contributed by atoms with E-state index in [-0.39, 0.29) is 24.1 Å². The lowest BCUT2D eigenvalue weighted by Crippen LogP contribution is -2.18. The molecule has 7 nitrogen and oxygen atoms in total. The standard InChI is InChI=1S/C21H16N2O5/c24-20(23-19-10-9-13(11-22-19)28-21(25)26)27-12-18-16-7-3-1-5-14(16)15-6-2-4-8-17(15)18/h1-11,18H,12H2,(H,25,26)(H,22,23,24). The molecule has 0 radical (unpaired) electrons. The Morgan fingerprint density at radius 2 is 1.61 bits per heavy atom. The summed E-state index contributed by atoms with van der Waals surface area (Å²) in [5.41, 5.74) is 4.57. The Hall–Kier alpha value is -3.87. The minimum atomic E-state index is -1.43. The highest BCUT2D eigenvalue weighted by Gasteiger charge is 2.29. The van der Waals surface area contributed by atoms with Crippen LogP contribution in [0, 0.1) is 0 Å². The van der Waals surface area contributed by atoms with Crippen molar-refractivity contribution in [2.24, 2.45) is 0 Å². The van der Waals surface area contributed by atoms with E-state index in [4.69, 9.17) is 9.84 Å². The average molecular weight is 376 g/mol. The predicted molar refractivity (Wildman–Crippen MR) is 102 cm³/mol. The first kappa shape index (κ1) is 17.5. The number of aromatic nitrogens is 1. The third-order valence-electron chi connectivity index (χ3n) is 4.52. The molecule has 140 valence electrons. The molecule has 1 aliphatic rings.